The third-order valence-electron chi connectivity index (χ3n) is 4.45. The number of aromatic hydroxyl groups is 1. The van der Waals surface area contributed by atoms with E-state index < -0.39 is 18.0 Å². The molecule has 2 heterocycles. The van der Waals surface area contributed by atoms with Gasteiger partial charge in [0.15, 0.2) is 11.5 Å². The van der Waals surface area contributed by atoms with Crippen molar-refractivity contribution in [3.8, 4) is 11.5 Å². The molecule has 1 aromatic rings. The first-order valence-electron chi connectivity index (χ1n) is 8.43. The summed E-state index contributed by atoms with van der Waals surface area (Å²) in [7, 11) is 1.43. The molecule has 0 saturated carbocycles. The van der Waals surface area contributed by atoms with Crippen molar-refractivity contribution in [3.63, 3.8) is 0 Å². The number of hydrogen-bond acceptors (Lipinski definition) is 6. The minimum atomic E-state index is -0.713. The maximum atomic E-state index is 12.7. The van der Waals surface area contributed by atoms with E-state index in [1.807, 2.05) is 0 Å². The Morgan fingerprint density at radius 2 is 2.23 bits per heavy atom. The second-order valence-corrected chi connectivity index (χ2v) is 6.23. The SMILES string of the molecule is COc1cc([C@@H]2NC(=O)NC(C)=C2C(=O)OC[C@H]2CCCO2)ccc1O. The predicted molar refractivity (Wildman–Crippen MR) is 91.7 cm³/mol. The van der Waals surface area contributed by atoms with Crippen molar-refractivity contribution in [1.82, 2.24) is 10.6 Å². The summed E-state index contributed by atoms with van der Waals surface area (Å²) in [6, 6.07) is 3.51. The average molecular weight is 362 g/mol. The van der Waals surface area contributed by atoms with Crippen molar-refractivity contribution >= 4 is 12.0 Å². The van der Waals surface area contributed by atoms with Gasteiger partial charge < -0.3 is 30.0 Å². The molecule has 3 rings (SSSR count). The fourth-order valence-corrected chi connectivity index (χ4v) is 3.11. The van der Waals surface area contributed by atoms with E-state index in [4.69, 9.17) is 14.2 Å². The summed E-state index contributed by atoms with van der Waals surface area (Å²) in [6.07, 6.45) is 1.73. The van der Waals surface area contributed by atoms with E-state index in [-0.39, 0.29) is 24.2 Å². The number of phenolic OH excluding ortho intramolecular Hbond substituents is 1. The summed E-state index contributed by atoms with van der Waals surface area (Å²) in [5.41, 5.74) is 1.32. The number of methoxy groups -OCH3 is 1. The van der Waals surface area contributed by atoms with Crippen LogP contribution in [0, 0.1) is 0 Å². The molecule has 26 heavy (non-hydrogen) atoms. The molecule has 1 fully saturated rings. The molecule has 2 atom stereocenters. The van der Waals surface area contributed by atoms with Gasteiger partial charge in [0.1, 0.15) is 6.61 Å². The number of urea groups is 1. The van der Waals surface area contributed by atoms with Crippen LogP contribution < -0.4 is 15.4 Å². The third-order valence-corrected chi connectivity index (χ3v) is 4.45. The van der Waals surface area contributed by atoms with Gasteiger partial charge in [-0.15, -0.1) is 0 Å². The van der Waals surface area contributed by atoms with Crippen LogP contribution in [0.3, 0.4) is 0 Å². The lowest BCUT2D eigenvalue weighted by molar-refractivity contribution is -0.142. The molecule has 8 nitrogen and oxygen atoms in total. The summed E-state index contributed by atoms with van der Waals surface area (Å²) < 4.78 is 16.0. The van der Waals surface area contributed by atoms with E-state index in [0.29, 0.717) is 23.4 Å². The van der Waals surface area contributed by atoms with Crippen LogP contribution in [0.5, 0.6) is 11.5 Å². The molecular weight excluding hydrogens is 340 g/mol. The van der Waals surface area contributed by atoms with Crippen LogP contribution in [0.2, 0.25) is 0 Å². The van der Waals surface area contributed by atoms with Crippen molar-refractivity contribution < 1.29 is 28.9 Å². The van der Waals surface area contributed by atoms with Crippen LogP contribution in [-0.4, -0.2) is 43.5 Å². The number of esters is 1. The maximum Gasteiger partial charge on any atom is 0.338 e. The minimum Gasteiger partial charge on any atom is -0.504 e. The Bertz CT molecular complexity index is 739. The first-order valence-corrected chi connectivity index (χ1v) is 8.43. The molecule has 0 aromatic heterocycles. The van der Waals surface area contributed by atoms with Crippen molar-refractivity contribution in [2.24, 2.45) is 0 Å². The van der Waals surface area contributed by atoms with E-state index in [1.54, 1.807) is 19.1 Å². The van der Waals surface area contributed by atoms with Crippen LogP contribution in [0.4, 0.5) is 4.79 Å². The standard InChI is InChI=1S/C18H22N2O6/c1-10-15(17(22)26-9-12-4-3-7-25-12)16(20-18(23)19-10)11-5-6-13(21)14(8-11)24-2/h5-6,8,12,16,21H,3-4,7,9H2,1-2H3,(H2,19,20,23)/t12-,16+/m1/s1. The van der Waals surface area contributed by atoms with Crippen LogP contribution in [0.25, 0.3) is 0 Å². The van der Waals surface area contributed by atoms with Gasteiger partial charge in [-0.1, -0.05) is 6.07 Å². The normalized spacial score (nSPS) is 22.6. The first-order chi connectivity index (χ1) is 12.5. The number of rotatable bonds is 5. The van der Waals surface area contributed by atoms with E-state index in [2.05, 4.69) is 10.6 Å². The molecule has 2 aliphatic rings. The van der Waals surface area contributed by atoms with Gasteiger partial charge in [0.2, 0.25) is 0 Å². The summed E-state index contributed by atoms with van der Waals surface area (Å²) in [5.74, 6) is -0.303. The third kappa shape index (κ3) is 3.75. The van der Waals surface area contributed by atoms with Crippen LogP contribution in [-0.2, 0) is 14.3 Å². The van der Waals surface area contributed by atoms with Crippen LogP contribution in [0.1, 0.15) is 31.4 Å². The fraction of sp³-hybridized carbons (Fsp3) is 0.444. The summed E-state index contributed by atoms with van der Waals surface area (Å²) in [4.78, 5) is 24.6. The summed E-state index contributed by atoms with van der Waals surface area (Å²) >= 11 is 0. The molecule has 0 aliphatic carbocycles. The minimum absolute atomic E-state index is 0.0280. The average Bonchev–Trinajstić information content (AvgIpc) is 3.13. The van der Waals surface area contributed by atoms with Gasteiger partial charge in [0.05, 0.1) is 24.8 Å². The van der Waals surface area contributed by atoms with Gasteiger partial charge in [-0.2, -0.15) is 0 Å². The molecule has 0 radical (unpaired) electrons. The van der Waals surface area contributed by atoms with Crippen molar-refractivity contribution in [1.29, 1.82) is 0 Å². The number of hydrogen-bond donors (Lipinski definition) is 3. The second kappa shape index (κ2) is 7.65. The Hall–Kier alpha value is -2.74. The molecule has 2 aliphatic heterocycles. The summed E-state index contributed by atoms with van der Waals surface area (Å²) in [5, 5.41) is 15.1. The number of phenols is 1. The Morgan fingerprint density at radius 3 is 2.92 bits per heavy atom. The number of carbonyl (C=O) groups excluding carboxylic acids is 2. The van der Waals surface area contributed by atoms with E-state index in [1.165, 1.54) is 13.2 Å². The van der Waals surface area contributed by atoms with E-state index in [0.717, 1.165) is 12.8 Å². The topological polar surface area (TPSA) is 106 Å². The molecule has 0 unspecified atom stereocenters. The van der Waals surface area contributed by atoms with Crippen molar-refractivity contribution in [3.05, 3.63) is 35.0 Å². The van der Waals surface area contributed by atoms with Gasteiger partial charge >= 0.3 is 12.0 Å². The zero-order chi connectivity index (χ0) is 18.7. The number of benzene rings is 1. The number of nitrogens with one attached hydrogen (secondary N) is 2. The highest BCUT2D eigenvalue weighted by Gasteiger charge is 2.33. The summed E-state index contributed by atoms with van der Waals surface area (Å²) in [6.45, 7) is 2.50. The van der Waals surface area contributed by atoms with Crippen LogP contribution in [0.15, 0.2) is 29.5 Å². The zero-order valence-corrected chi connectivity index (χ0v) is 14.7. The Labute approximate surface area is 151 Å². The second-order valence-electron chi connectivity index (χ2n) is 6.23. The van der Waals surface area contributed by atoms with Crippen LogP contribution >= 0.6 is 0 Å². The molecule has 2 amide bonds. The van der Waals surface area contributed by atoms with Gasteiger partial charge in [0.25, 0.3) is 0 Å². The quantitative estimate of drug-likeness (QED) is 0.689. The monoisotopic (exact) mass is 362 g/mol. The highest BCUT2D eigenvalue weighted by Crippen LogP contribution is 2.33. The fourth-order valence-electron chi connectivity index (χ4n) is 3.11. The van der Waals surface area contributed by atoms with Gasteiger partial charge in [-0.25, -0.2) is 9.59 Å². The Morgan fingerprint density at radius 1 is 1.42 bits per heavy atom. The number of amides is 2. The smallest absolute Gasteiger partial charge is 0.338 e. The number of carbonyl (C=O) groups is 2. The Balaban J connectivity index is 1.85. The molecule has 1 aromatic carbocycles. The molecular formula is C18H22N2O6. The first kappa shape index (κ1) is 18.1. The van der Waals surface area contributed by atoms with Crippen molar-refractivity contribution in [2.45, 2.75) is 31.9 Å². The maximum absolute atomic E-state index is 12.7. The molecule has 140 valence electrons. The molecule has 3 N–H and O–H groups in total. The van der Waals surface area contributed by atoms with Gasteiger partial charge in [-0.3, -0.25) is 0 Å². The highest BCUT2D eigenvalue weighted by molar-refractivity contribution is 5.95. The highest BCUT2D eigenvalue weighted by atomic mass is 16.6. The van der Waals surface area contributed by atoms with E-state index >= 15 is 0 Å². The molecule has 0 spiro atoms. The number of ether oxygens (including phenoxy) is 3. The zero-order valence-electron chi connectivity index (χ0n) is 14.7. The lowest BCUT2D eigenvalue weighted by Crippen LogP contribution is -2.45. The van der Waals surface area contributed by atoms with E-state index in [9.17, 15) is 14.7 Å². The number of allylic oxidation sites excluding steroid dienone is 1. The largest absolute Gasteiger partial charge is 0.504 e. The Kier molecular flexibility index (Phi) is 5.32. The molecule has 8 heteroatoms. The van der Waals surface area contributed by atoms with Gasteiger partial charge in [0, 0.05) is 12.3 Å². The molecule has 1 saturated heterocycles. The van der Waals surface area contributed by atoms with Crippen molar-refractivity contribution in [2.75, 3.05) is 20.3 Å². The van der Waals surface area contributed by atoms with Gasteiger partial charge in [-0.05, 0) is 37.5 Å². The molecule has 0 bridgehead atoms. The lowest BCUT2D eigenvalue weighted by atomic mass is 9.95. The lowest BCUT2D eigenvalue weighted by Gasteiger charge is -2.28. The predicted octanol–water partition coefficient (Wildman–Crippen LogP) is 1.75.